The zero-order chi connectivity index (χ0) is 27.4. The molecule has 5 nitrogen and oxygen atoms in total. The lowest BCUT2D eigenvalue weighted by Gasteiger charge is -2.32. The van der Waals surface area contributed by atoms with Crippen molar-refractivity contribution in [3.8, 4) is 38.7 Å². The zero-order valence-corrected chi connectivity index (χ0v) is 22.6. The summed E-state index contributed by atoms with van der Waals surface area (Å²) < 4.78 is 48.1. The molecule has 0 saturated heterocycles. The number of benzene rings is 2. The lowest BCUT2D eigenvalue weighted by molar-refractivity contribution is -0.137. The van der Waals surface area contributed by atoms with Crippen molar-refractivity contribution in [2.75, 3.05) is 14.2 Å². The maximum Gasteiger partial charge on any atom is 0.416 e. The summed E-state index contributed by atoms with van der Waals surface area (Å²) in [5.74, 6) is 0.664. The number of carbonyl (C=O) groups excluding carboxylic acids is 1. The quantitative estimate of drug-likeness (QED) is 0.272. The zero-order valence-electron chi connectivity index (χ0n) is 21.8. The van der Waals surface area contributed by atoms with Gasteiger partial charge in [0.15, 0.2) is 5.82 Å². The Morgan fingerprint density at radius 3 is 2.47 bits per heavy atom. The number of hydrogen-bond donors (Lipinski definition) is 0. The van der Waals surface area contributed by atoms with Gasteiger partial charge in [-0.05, 0) is 74.0 Å². The summed E-state index contributed by atoms with van der Waals surface area (Å²) in [7, 11) is 3.28. The molecule has 2 aromatic carbocycles. The number of carbonyl (C=O) groups is 1. The van der Waals surface area contributed by atoms with Gasteiger partial charge in [0.05, 0.1) is 23.2 Å². The number of aryl methyl sites for hydroxylation is 1. The van der Waals surface area contributed by atoms with Crippen LogP contribution in [0.25, 0.3) is 33.0 Å². The van der Waals surface area contributed by atoms with E-state index in [1.54, 1.807) is 18.0 Å². The summed E-state index contributed by atoms with van der Waals surface area (Å²) >= 11 is 1.52. The summed E-state index contributed by atoms with van der Waals surface area (Å²) in [6.45, 7) is 6.45. The average molecular weight is 540 g/mol. The molecule has 0 bridgehead atoms. The molecule has 0 fully saturated rings. The van der Waals surface area contributed by atoms with Crippen molar-refractivity contribution >= 4 is 17.2 Å². The Hall–Kier alpha value is -3.59. The Morgan fingerprint density at radius 1 is 1.08 bits per heavy atom. The van der Waals surface area contributed by atoms with E-state index in [9.17, 15) is 18.0 Å². The third kappa shape index (κ3) is 4.49. The van der Waals surface area contributed by atoms with Crippen molar-refractivity contribution in [3.05, 3.63) is 70.9 Å². The van der Waals surface area contributed by atoms with Crippen molar-refractivity contribution in [1.29, 1.82) is 0 Å². The minimum Gasteiger partial charge on any atom is -0.496 e. The SMILES string of the molecule is COc1cc2c(cc1-c1cccc(C(F)(F)F)c1)-c1c(-c3cccs3)nc(C(=O)N(C)C(C)(C)C)n1CC2. The van der Waals surface area contributed by atoms with Gasteiger partial charge in [-0.25, -0.2) is 4.98 Å². The summed E-state index contributed by atoms with van der Waals surface area (Å²) in [5.41, 5.74) is 3.12. The van der Waals surface area contributed by atoms with Gasteiger partial charge in [0.1, 0.15) is 11.4 Å². The van der Waals surface area contributed by atoms with Crippen molar-refractivity contribution < 1.29 is 22.7 Å². The molecule has 3 heterocycles. The molecule has 2 aromatic heterocycles. The molecule has 38 heavy (non-hydrogen) atoms. The summed E-state index contributed by atoms with van der Waals surface area (Å²) in [5, 5.41) is 1.95. The molecule has 0 saturated carbocycles. The number of fused-ring (bicyclic) bond motifs is 3. The number of aromatic nitrogens is 2. The molecule has 4 aromatic rings. The highest BCUT2D eigenvalue weighted by Gasteiger charge is 2.34. The highest BCUT2D eigenvalue weighted by molar-refractivity contribution is 7.13. The smallest absolute Gasteiger partial charge is 0.416 e. The molecule has 1 amide bonds. The first-order valence-corrected chi connectivity index (χ1v) is 13.1. The van der Waals surface area contributed by atoms with Crippen LogP contribution < -0.4 is 4.74 Å². The van der Waals surface area contributed by atoms with Crippen molar-refractivity contribution in [1.82, 2.24) is 14.5 Å². The average Bonchev–Trinajstić information content (AvgIpc) is 3.54. The molecule has 0 spiro atoms. The van der Waals surface area contributed by atoms with E-state index in [1.807, 2.05) is 55.0 Å². The van der Waals surface area contributed by atoms with Crippen LogP contribution in [-0.2, 0) is 19.1 Å². The van der Waals surface area contributed by atoms with Crippen LogP contribution >= 0.6 is 11.3 Å². The predicted octanol–water partition coefficient (Wildman–Crippen LogP) is 7.40. The Labute approximate surface area is 223 Å². The second kappa shape index (κ2) is 9.31. The fourth-order valence-corrected chi connectivity index (χ4v) is 5.40. The summed E-state index contributed by atoms with van der Waals surface area (Å²) in [6.07, 6.45) is -3.84. The number of ether oxygens (including phenoxy) is 1. The lowest BCUT2D eigenvalue weighted by atomic mass is 9.91. The van der Waals surface area contributed by atoms with E-state index in [4.69, 9.17) is 9.72 Å². The first kappa shape index (κ1) is 26.0. The number of halogens is 3. The highest BCUT2D eigenvalue weighted by Crippen LogP contribution is 2.45. The molecule has 0 atom stereocenters. The molecular formula is C29H28F3N3O2S. The number of nitrogens with zero attached hydrogens (tertiary/aromatic N) is 3. The van der Waals surface area contributed by atoms with Gasteiger partial charge in [-0.3, -0.25) is 4.79 Å². The number of thiophene rings is 1. The predicted molar refractivity (Wildman–Crippen MR) is 144 cm³/mol. The molecule has 0 radical (unpaired) electrons. The molecule has 5 rings (SSSR count). The van der Waals surface area contributed by atoms with Gasteiger partial charge < -0.3 is 14.2 Å². The van der Waals surface area contributed by atoms with Gasteiger partial charge in [-0.1, -0.05) is 18.2 Å². The fourth-order valence-electron chi connectivity index (χ4n) is 4.69. The Balaban J connectivity index is 1.74. The number of methoxy groups -OCH3 is 1. The van der Waals surface area contributed by atoms with E-state index in [-0.39, 0.29) is 5.91 Å². The first-order chi connectivity index (χ1) is 17.9. The molecule has 0 aliphatic carbocycles. The Morgan fingerprint density at radius 2 is 1.84 bits per heavy atom. The minimum atomic E-state index is -4.46. The first-order valence-electron chi connectivity index (χ1n) is 12.2. The van der Waals surface area contributed by atoms with Gasteiger partial charge in [0.2, 0.25) is 0 Å². The van der Waals surface area contributed by atoms with Gasteiger partial charge in [-0.2, -0.15) is 13.2 Å². The summed E-state index contributed by atoms with van der Waals surface area (Å²) in [4.78, 5) is 21.1. The molecular weight excluding hydrogens is 511 g/mol. The van der Waals surface area contributed by atoms with Crippen LogP contribution in [0.2, 0.25) is 0 Å². The van der Waals surface area contributed by atoms with Crippen LogP contribution in [-0.4, -0.2) is 40.1 Å². The van der Waals surface area contributed by atoms with Crippen molar-refractivity contribution in [2.24, 2.45) is 0 Å². The second-order valence-corrected chi connectivity index (χ2v) is 11.3. The number of amides is 1. The largest absolute Gasteiger partial charge is 0.496 e. The van der Waals surface area contributed by atoms with Crippen LogP contribution in [0.5, 0.6) is 5.75 Å². The molecule has 0 unspecified atom stereocenters. The van der Waals surface area contributed by atoms with Crippen LogP contribution in [0.15, 0.2) is 53.9 Å². The van der Waals surface area contributed by atoms with Gasteiger partial charge in [0, 0.05) is 30.3 Å². The maximum absolute atomic E-state index is 13.6. The Kier molecular flexibility index (Phi) is 6.38. The van der Waals surface area contributed by atoms with Crippen LogP contribution in [0.3, 0.4) is 0 Å². The van der Waals surface area contributed by atoms with Crippen molar-refractivity contribution in [2.45, 2.75) is 45.5 Å². The summed E-state index contributed by atoms with van der Waals surface area (Å²) in [6, 6.07) is 12.9. The van der Waals surface area contributed by atoms with Gasteiger partial charge in [0.25, 0.3) is 5.91 Å². The topological polar surface area (TPSA) is 47.4 Å². The normalized spacial score (nSPS) is 13.2. The molecule has 1 aliphatic rings. The molecule has 0 N–H and O–H groups in total. The minimum absolute atomic E-state index is 0.184. The Bertz CT molecular complexity index is 1520. The fraction of sp³-hybridized carbons (Fsp3) is 0.310. The second-order valence-electron chi connectivity index (χ2n) is 10.3. The van der Waals surface area contributed by atoms with Crippen molar-refractivity contribution in [3.63, 3.8) is 0 Å². The van der Waals surface area contributed by atoms with E-state index >= 15 is 0 Å². The van der Waals surface area contributed by atoms with E-state index in [1.165, 1.54) is 24.5 Å². The third-order valence-corrected chi connectivity index (χ3v) is 7.89. The van der Waals surface area contributed by atoms with Gasteiger partial charge >= 0.3 is 6.18 Å². The lowest BCUT2D eigenvalue weighted by Crippen LogP contribution is -2.43. The van der Waals surface area contributed by atoms with E-state index in [0.717, 1.165) is 33.8 Å². The number of rotatable bonds is 4. The number of alkyl halides is 3. The maximum atomic E-state index is 13.6. The van der Waals surface area contributed by atoms with Gasteiger partial charge in [-0.15, -0.1) is 11.3 Å². The standard InChI is InChI=1S/C29H28F3N3O2S/c1-28(2,3)34(4)27(36)26-33-24(23-10-7-13-38-23)25-21-16-20(17-8-6-9-19(14-17)29(30,31)32)22(37-5)15-18(21)11-12-35(25)26/h6-10,13-16H,11-12H2,1-5H3. The highest BCUT2D eigenvalue weighted by atomic mass is 32.1. The van der Waals surface area contributed by atoms with E-state index < -0.39 is 17.3 Å². The third-order valence-electron chi connectivity index (χ3n) is 7.01. The van der Waals surface area contributed by atoms with Crippen LogP contribution in [0.4, 0.5) is 13.2 Å². The molecule has 1 aliphatic heterocycles. The van der Waals surface area contributed by atoms with E-state index in [2.05, 4.69) is 0 Å². The van der Waals surface area contributed by atoms with Crippen LogP contribution in [0, 0.1) is 0 Å². The van der Waals surface area contributed by atoms with E-state index in [0.29, 0.717) is 41.4 Å². The van der Waals surface area contributed by atoms with Crippen LogP contribution in [0.1, 0.15) is 42.5 Å². The number of hydrogen-bond acceptors (Lipinski definition) is 4. The molecule has 9 heteroatoms. The number of imidazole rings is 1. The molecule has 198 valence electrons. The monoisotopic (exact) mass is 539 g/mol.